The van der Waals surface area contributed by atoms with E-state index in [0.717, 1.165) is 16.9 Å². The van der Waals surface area contributed by atoms with Gasteiger partial charge in [-0.1, -0.05) is 29.8 Å². The number of rotatable bonds is 5. The number of anilines is 1. The zero-order valence-corrected chi connectivity index (χ0v) is 16.9. The molecule has 0 radical (unpaired) electrons. The van der Waals surface area contributed by atoms with Gasteiger partial charge in [0.15, 0.2) is 11.6 Å². The topological polar surface area (TPSA) is 79.5 Å². The minimum Gasteiger partial charge on any atom is -0.463 e. The molecular formula is C21H22N4O3S. The van der Waals surface area contributed by atoms with Gasteiger partial charge in [0, 0.05) is 31.6 Å². The number of nitrogens with zero attached hydrogens (tertiary/aromatic N) is 4. The molecule has 0 saturated carbocycles. The van der Waals surface area contributed by atoms with Crippen molar-refractivity contribution in [3.63, 3.8) is 0 Å². The molecule has 0 spiro atoms. The number of aromatic nitrogens is 2. The molecule has 7 nitrogen and oxygen atoms in total. The van der Waals surface area contributed by atoms with Crippen molar-refractivity contribution in [2.45, 2.75) is 6.92 Å². The van der Waals surface area contributed by atoms with Gasteiger partial charge in [0.25, 0.3) is 0 Å². The summed E-state index contributed by atoms with van der Waals surface area (Å²) in [6.45, 7) is 3.93. The van der Waals surface area contributed by atoms with Crippen LogP contribution >= 0.6 is 0 Å². The van der Waals surface area contributed by atoms with Gasteiger partial charge in [-0.25, -0.2) is 8.42 Å². The minimum absolute atomic E-state index is 0.405. The SMILES string of the molecule is Cc1ccc(/C=C/S(=O)(=O)N2CCN(c3ccc(-c4ccco4)nn3)CC2)cc1. The summed E-state index contributed by atoms with van der Waals surface area (Å²) in [4.78, 5) is 2.04. The zero-order chi connectivity index (χ0) is 20.3. The molecule has 0 aliphatic carbocycles. The van der Waals surface area contributed by atoms with E-state index in [1.165, 1.54) is 9.71 Å². The molecule has 8 heteroatoms. The molecule has 150 valence electrons. The predicted octanol–water partition coefficient (Wildman–Crippen LogP) is 3.17. The van der Waals surface area contributed by atoms with E-state index in [2.05, 4.69) is 10.2 Å². The highest BCUT2D eigenvalue weighted by Gasteiger charge is 2.25. The van der Waals surface area contributed by atoms with Gasteiger partial charge in [-0.2, -0.15) is 4.31 Å². The molecule has 0 bridgehead atoms. The average Bonchev–Trinajstić information content (AvgIpc) is 3.29. The third-order valence-corrected chi connectivity index (χ3v) is 6.42. The normalized spacial score (nSPS) is 15.8. The first kappa shape index (κ1) is 19.4. The second kappa shape index (κ2) is 8.18. The molecule has 0 N–H and O–H groups in total. The maximum atomic E-state index is 12.6. The van der Waals surface area contributed by atoms with E-state index in [9.17, 15) is 8.42 Å². The Hall–Kier alpha value is -2.97. The van der Waals surface area contributed by atoms with Crippen LogP contribution in [0, 0.1) is 6.92 Å². The largest absolute Gasteiger partial charge is 0.463 e. The molecule has 1 aromatic carbocycles. The van der Waals surface area contributed by atoms with Crippen LogP contribution in [0.15, 0.2) is 64.6 Å². The Labute approximate surface area is 170 Å². The van der Waals surface area contributed by atoms with Crippen LogP contribution in [0.5, 0.6) is 0 Å². The first-order chi connectivity index (χ1) is 14.0. The Morgan fingerprint density at radius 2 is 1.72 bits per heavy atom. The quantitative estimate of drug-likeness (QED) is 0.643. The average molecular weight is 410 g/mol. The number of sulfonamides is 1. The second-order valence-corrected chi connectivity index (χ2v) is 8.72. The molecule has 1 aliphatic rings. The summed E-state index contributed by atoms with van der Waals surface area (Å²) in [6.07, 6.45) is 3.23. The van der Waals surface area contributed by atoms with Crippen LogP contribution in [-0.4, -0.2) is 49.1 Å². The van der Waals surface area contributed by atoms with E-state index in [0.29, 0.717) is 37.6 Å². The Bertz CT molecular complexity index is 1070. The van der Waals surface area contributed by atoms with Crippen molar-refractivity contribution in [1.82, 2.24) is 14.5 Å². The molecular weight excluding hydrogens is 388 g/mol. The number of furan rings is 1. The van der Waals surface area contributed by atoms with Gasteiger partial charge in [0.1, 0.15) is 5.69 Å². The summed E-state index contributed by atoms with van der Waals surface area (Å²) in [5.74, 6) is 1.40. The van der Waals surface area contributed by atoms with E-state index >= 15 is 0 Å². The minimum atomic E-state index is -3.46. The van der Waals surface area contributed by atoms with Crippen LogP contribution in [0.3, 0.4) is 0 Å². The van der Waals surface area contributed by atoms with Crippen molar-refractivity contribution >= 4 is 21.9 Å². The summed E-state index contributed by atoms with van der Waals surface area (Å²) in [5.41, 5.74) is 2.67. The number of aryl methyl sites for hydroxylation is 1. The standard InChI is InChI=1S/C21H22N4O3S/c1-17-4-6-18(7-5-17)10-16-29(26,27)25-13-11-24(12-14-25)21-9-8-19(22-23-21)20-3-2-15-28-20/h2-10,15-16H,11-14H2,1H3/b16-10+. The van der Waals surface area contributed by atoms with E-state index in [-0.39, 0.29) is 0 Å². The van der Waals surface area contributed by atoms with Crippen LogP contribution in [0.25, 0.3) is 17.5 Å². The van der Waals surface area contributed by atoms with E-state index in [1.807, 2.05) is 54.3 Å². The summed E-state index contributed by atoms with van der Waals surface area (Å²) >= 11 is 0. The van der Waals surface area contributed by atoms with Crippen LogP contribution in [0.2, 0.25) is 0 Å². The summed E-state index contributed by atoms with van der Waals surface area (Å²) < 4.78 is 32.1. The fourth-order valence-electron chi connectivity index (χ4n) is 3.15. The first-order valence-corrected chi connectivity index (χ1v) is 10.9. The molecule has 0 unspecified atom stereocenters. The van der Waals surface area contributed by atoms with Crippen molar-refractivity contribution in [3.05, 3.63) is 71.3 Å². The van der Waals surface area contributed by atoms with Crippen LogP contribution in [-0.2, 0) is 10.0 Å². The highest BCUT2D eigenvalue weighted by molar-refractivity contribution is 7.92. The number of hydrogen-bond acceptors (Lipinski definition) is 6. The van der Waals surface area contributed by atoms with Gasteiger partial charge < -0.3 is 9.32 Å². The molecule has 1 fully saturated rings. The summed E-state index contributed by atoms with van der Waals surface area (Å²) in [6, 6.07) is 15.1. The van der Waals surface area contributed by atoms with Gasteiger partial charge in [-0.3, -0.25) is 0 Å². The maximum Gasteiger partial charge on any atom is 0.236 e. The molecule has 3 aromatic rings. The van der Waals surface area contributed by atoms with Crippen molar-refractivity contribution in [1.29, 1.82) is 0 Å². The number of hydrogen-bond donors (Lipinski definition) is 0. The lowest BCUT2D eigenvalue weighted by Gasteiger charge is -2.33. The predicted molar refractivity (Wildman–Crippen MR) is 113 cm³/mol. The maximum absolute atomic E-state index is 12.6. The molecule has 1 aliphatic heterocycles. The van der Waals surface area contributed by atoms with Gasteiger partial charge in [-0.05, 0) is 42.8 Å². The van der Waals surface area contributed by atoms with Crippen molar-refractivity contribution in [2.24, 2.45) is 0 Å². The van der Waals surface area contributed by atoms with Crippen LogP contribution < -0.4 is 4.90 Å². The molecule has 0 amide bonds. The van der Waals surface area contributed by atoms with E-state index in [4.69, 9.17) is 4.42 Å². The van der Waals surface area contributed by atoms with Gasteiger partial charge in [-0.15, -0.1) is 10.2 Å². The third kappa shape index (κ3) is 4.55. The second-order valence-electron chi connectivity index (χ2n) is 6.90. The lowest BCUT2D eigenvalue weighted by molar-refractivity contribution is 0.388. The number of piperazine rings is 1. The summed E-state index contributed by atoms with van der Waals surface area (Å²) in [5, 5.41) is 9.75. The molecule has 4 rings (SSSR count). The Morgan fingerprint density at radius 1 is 0.966 bits per heavy atom. The van der Waals surface area contributed by atoms with E-state index < -0.39 is 10.0 Å². The molecule has 0 atom stereocenters. The van der Waals surface area contributed by atoms with Gasteiger partial charge in [0.2, 0.25) is 10.0 Å². The monoisotopic (exact) mass is 410 g/mol. The molecule has 1 saturated heterocycles. The van der Waals surface area contributed by atoms with Gasteiger partial charge in [0.05, 0.1) is 6.26 Å². The fraction of sp³-hybridized carbons (Fsp3) is 0.238. The van der Waals surface area contributed by atoms with Crippen molar-refractivity contribution in [2.75, 3.05) is 31.1 Å². The Morgan fingerprint density at radius 3 is 2.34 bits per heavy atom. The Kier molecular flexibility index (Phi) is 5.46. The van der Waals surface area contributed by atoms with Crippen LogP contribution in [0.4, 0.5) is 5.82 Å². The summed E-state index contributed by atoms with van der Waals surface area (Å²) in [7, 11) is -3.46. The Balaban J connectivity index is 1.37. The lowest BCUT2D eigenvalue weighted by atomic mass is 10.2. The molecule has 29 heavy (non-hydrogen) atoms. The first-order valence-electron chi connectivity index (χ1n) is 9.39. The molecule has 2 aromatic heterocycles. The highest BCUT2D eigenvalue weighted by Crippen LogP contribution is 2.20. The third-order valence-electron chi connectivity index (χ3n) is 4.86. The van der Waals surface area contributed by atoms with E-state index in [1.54, 1.807) is 18.4 Å². The number of benzene rings is 1. The van der Waals surface area contributed by atoms with Crippen molar-refractivity contribution in [3.8, 4) is 11.5 Å². The van der Waals surface area contributed by atoms with Gasteiger partial charge >= 0.3 is 0 Å². The highest BCUT2D eigenvalue weighted by atomic mass is 32.2. The fourth-order valence-corrected chi connectivity index (χ4v) is 4.32. The smallest absolute Gasteiger partial charge is 0.236 e. The zero-order valence-electron chi connectivity index (χ0n) is 16.1. The molecule has 3 heterocycles. The lowest BCUT2D eigenvalue weighted by Crippen LogP contribution is -2.48. The van der Waals surface area contributed by atoms with Crippen molar-refractivity contribution < 1.29 is 12.8 Å². The van der Waals surface area contributed by atoms with Crippen LogP contribution in [0.1, 0.15) is 11.1 Å².